The highest BCUT2D eigenvalue weighted by Gasteiger charge is 2.25. The number of likely N-dealkylation sites (tertiary alicyclic amines) is 1. The molecule has 1 aromatic heterocycles. The van der Waals surface area contributed by atoms with E-state index in [1.54, 1.807) is 0 Å². The number of nitrogens with two attached hydrogens (primary N) is 1. The Hall–Kier alpha value is -1.16. The fourth-order valence-electron chi connectivity index (χ4n) is 3.55. The molecule has 0 aliphatic carbocycles. The molecule has 2 aromatic rings. The van der Waals surface area contributed by atoms with E-state index >= 15 is 0 Å². The molecular weight excluding hydrogens is 288 g/mol. The fraction of sp³-hybridized carbons (Fsp3) is 0.474. The smallest absolute Gasteiger partial charge is 0.0237 e. The van der Waals surface area contributed by atoms with Crippen LogP contribution in [-0.2, 0) is 13.0 Å². The second kappa shape index (κ2) is 6.95. The lowest BCUT2D eigenvalue weighted by Gasteiger charge is -2.36. The predicted octanol–water partition coefficient (Wildman–Crippen LogP) is 3.76. The fourth-order valence-corrected chi connectivity index (χ4v) is 4.37. The van der Waals surface area contributed by atoms with Crippen molar-refractivity contribution in [2.75, 3.05) is 13.1 Å². The van der Waals surface area contributed by atoms with Gasteiger partial charge in [-0.2, -0.15) is 0 Å². The number of hydrogen-bond acceptors (Lipinski definition) is 3. The molecule has 118 valence electrons. The number of rotatable bonds is 4. The molecule has 1 fully saturated rings. The molecule has 22 heavy (non-hydrogen) atoms. The van der Waals surface area contributed by atoms with Crippen molar-refractivity contribution >= 4 is 11.3 Å². The van der Waals surface area contributed by atoms with Crippen LogP contribution in [0.2, 0.25) is 0 Å². The normalized spacial score (nSPS) is 22.9. The number of piperidine rings is 1. The summed E-state index contributed by atoms with van der Waals surface area (Å²) in [4.78, 5) is 4.04. The summed E-state index contributed by atoms with van der Waals surface area (Å²) in [5.41, 5.74) is 10.5. The van der Waals surface area contributed by atoms with Gasteiger partial charge in [0.15, 0.2) is 0 Å². The van der Waals surface area contributed by atoms with Crippen LogP contribution in [0.4, 0.5) is 0 Å². The molecule has 1 aliphatic heterocycles. The standard InChI is InChI=1S/C19H26N2S/c1-14-5-6-15(2)17(8-14)12-21-11-16(9-18(20)13-21)10-19-4-3-7-22-19/h3-8,16,18H,9-13,20H2,1-2H3. The van der Waals surface area contributed by atoms with Gasteiger partial charge >= 0.3 is 0 Å². The lowest BCUT2D eigenvalue weighted by molar-refractivity contribution is 0.149. The third kappa shape index (κ3) is 3.97. The van der Waals surface area contributed by atoms with Crippen LogP contribution in [0.3, 0.4) is 0 Å². The van der Waals surface area contributed by atoms with Crippen molar-refractivity contribution in [3.8, 4) is 0 Å². The van der Waals surface area contributed by atoms with Crippen LogP contribution in [0.15, 0.2) is 35.7 Å². The monoisotopic (exact) mass is 314 g/mol. The number of thiophene rings is 1. The molecule has 3 heteroatoms. The third-order valence-corrected chi connectivity index (χ3v) is 5.51. The molecule has 0 spiro atoms. The topological polar surface area (TPSA) is 29.3 Å². The Morgan fingerprint density at radius 3 is 2.86 bits per heavy atom. The molecule has 1 saturated heterocycles. The van der Waals surface area contributed by atoms with E-state index in [0.29, 0.717) is 12.0 Å². The molecule has 0 radical (unpaired) electrons. The van der Waals surface area contributed by atoms with Crippen LogP contribution in [0.5, 0.6) is 0 Å². The van der Waals surface area contributed by atoms with Gasteiger partial charge in [-0.05, 0) is 55.2 Å². The van der Waals surface area contributed by atoms with Crippen LogP contribution < -0.4 is 5.73 Å². The minimum absolute atomic E-state index is 0.309. The van der Waals surface area contributed by atoms with Crippen molar-refractivity contribution in [2.24, 2.45) is 11.7 Å². The minimum Gasteiger partial charge on any atom is -0.327 e. The molecule has 2 atom stereocenters. The average molecular weight is 314 g/mol. The molecule has 1 aliphatic rings. The molecule has 2 heterocycles. The molecule has 1 aromatic carbocycles. The maximum atomic E-state index is 6.33. The van der Waals surface area contributed by atoms with E-state index in [4.69, 9.17) is 5.73 Å². The van der Waals surface area contributed by atoms with Gasteiger partial charge in [-0.15, -0.1) is 11.3 Å². The highest BCUT2D eigenvalue weighted by Crippen LogP contribution is 2.24. The first-order valence-electron chi connectivity index (χ1n) is 8.16. The SMILES string of the molecule is Cc1ccc(C)c(CN2CC(N)CC(Cc3cccs3)C2)c1. The largest absolute Gasteiger partial charge is 0.327 e. The number of benzene rings is 1. The van der Waals surface area contributed by atoms with Gasteiger partial charge in [0.2, 0.25) is 0 Å². The summed E-state index contributed by atoms with van der Waals surface area (Å²) in [5, 5.41) is 2.17. The summed E-state index contributed by atoms with van der Waals surface area (Å²) in [6.45, 7) is 7.60. The summed E-state index contributed by atoms with van der Waals surface area (Å²) in [5.74, 6) is 0.688. The second-order valence-corrected chi connectivity index (χ2v) is 7.80. The average Bonchev–Trinajstić information content (AvgIpc) is 2.95. The number of hydrogen-bond donors (Lipinski definition) is 1. The second-order valence-electron chi connectivity index (χ2n) is 6.77. The van der Waals surface area contributed by atoms with Crippen molar-refractivity contribution in [2.45, 2.75) is 39.3 Å². The van der Waals surface area contributed by atoms with E-state index < -0.39 is 0 Å². The Bertz CT molecular complexity index is 606. The van der Waals surface area contributed by atoms with Crippen molar-refractivity contribution in [3.05, 3.63) is 57.3 Å². The molecule has 2 N–H and O–H groups in total. The third-order valence-electron chi connectivity index (χ3n) is 4.61. The molecule has 0 bridgehead atoms. The van der Waals surface area contributed by atoms with Gasteiger partial charge in [0.1, 0.15) is 0 Å². The van der Waals surface area contributed by atoms with E-state index in [2.05, 4.69) is 54.5 Å². The van der Waals surface area contributed by atoms with E-state index in [9.17, 15) is 0 Å². The van der Waals surface area contributed by atoms with Crippen LogP contribution in [0.25, 0.3) is 0 Å². The molecule has 2 unspecified atom stereocenters. The van der Waals surface area contributed by atoms with Crippen LogP contribution in [0.1, 0.15) is 28.0 Å². The summed E-state index contributed by atoms with van der Waals surface area (Å²) in [7, 11) is 0. The maximum Gasteiger partial charge on any atom is 0.0237 e. The van der Waals surface area contributed by atoms with Crippen molar-refractivity contribution in [1.29, 1.82) is 0 Å². The van der Waals surface area contributed by atoms with Gasteiger partial charge in [-0.25, -0.2) is 0 Å². The Morgan fingerprint density at radius 1 is 1.23 bits per heavy atom. The molecular formula is C19H26N2S. The minimum atomic E-state index is 0.309. The Labute approximate surface area is 138 Å². The van der Waals surface area contributed by atoms with Gasteiger partial charge in [-0.3, -0.25) is 4.90 Å². The first-order valence-corrected chi connectivity index (χ1v) is 9.04. The molecule has 2 nitrogen and oxygen atoms in total. The molecule has 0 saturated carbocycles. The highest BCUT2D eigenvalue weighted by molar-refractivity contribution is 7.09. The summed E-state index contributed by atoms with van der Waals surface area (Å²) >= 11 is 1.87. The zero-order valence-electron chi connectivity index (χ0n) is 13.6. The van der Waals surface area contributed by atoms with Crippen molar-refractivity contribution in [3.63, 3.8) is 0 Å². The number of nitrogens with zero attached hydrogens (tertiary/aromatic N) is 1. The van der Waals surface area contributed by atoms with Gasteiger partial charge in [-0.1, -0.05) is 29.8 Å². The van der Waals surface area contributed by atoms with Crippen LogP contribution in [0, 0.1) is 19.8 Å². The Morgan fingerprint density at radius 2 is 2.09 bits per heavy atom. The maximum absolute atomic E-state index is 6.33. The van der Waals surface area contributed by atoms with E-state index in [0.717, 1.165) is 19.5 Å². The van der Waals surface area contributed by atoms with E-state index in [1.807, 2.05) is 11.3 Å². The quantitative estimate of drug-likeness (QED) is 0.931. The van der Waals surface area contributed by atoms with Gasteiger partial charge in [0.25, 0.3) is 0 Å². The number of aryl methyl sites for hydroxylation is 2. The zero-order chi connectivity index (χ0) is 15.5. The summed E-state index contributed by atoms with van der Waals surface area (Å²) < 4.78 is 0. The first kappa shape index (κ1) is 15.7. The van der Waals surface area contributed by atoms with Crippen LogP contribution in [-0.4, -0.2) is 24.0 Å². The Kier molecular flexibility index (Phi) is 4.97. The Balaban J connectivity index is 1.66. The molecule has 0 amide bonds. The summed E-state index contributed by atoms with van der Waals surface area (Å²) in [6, 6.07) is 11.5. The van der Waals surface area contributed by atoms with Crippen molar-refractivity contribution < 1.29 is 0 Å². The van der Waals surface area contributed by atoms with Crippen molar-refractivity contribution in [1.82, 2.24) is 4.90 Å². The summed E-state index contributed by atoms with van der Waals surface area (Å²) in [6.07, 6.45) is 2.33. The molecule has 3 rings (SSSR count). The van der Waals surface area contributed by atoms with Crippen LogP contribution >= 0.6 is 11.3 Å². The first-order chi connectivity index (χ1) is 10.6. The predicted molar refractivity (Wildman–Crippen MR) is 95.3 cm³/mol. The van der Waals surface area contributed by atoms with Gasteiger partial charge < -0.3 is 5.73 Å². The van der Waals surface area contributed by atoms with E-state index in [1.165, 1.54) is 34.5 Å². The lowest BCUT2D eigenvalue weighted by Crippen LogP contribution is -2.47. The zero-order valence-corrected chi connectivity index (χ0v) is 14.4. The van der Waals surface area contributed by atoms with E-state index in [-0.39, 0.29) is 0 Å². The highest BCUT2D eigenvalue weighted by atomic mass is 32.1. The van der Waals surface area contributed by atoms with Gasteiger partial charge in [0, 0.05) is 30.6 Å². The lowest BCUT2D eigenvalue weighted by atomic mass is 9.91. The van der Waals surface area contributed by atoms with Gasteiger partial charge in [0.05, 0.1) is 0 Å².